The number of para-hydroxylation sites is 1. The maximum atomic E-state index is 5.86. The van der Waals surface area contributed by atoms with Gasteiger partial charge in [0.2, 0.25) is 0 Å². The molecule has 1 N–H and O–H groups in total. The molecule has 2 aromatic carbocycles. The molecule has 0 aliphatic heterocycles. The van der Waals surface area contributed by atoms with E-state index >= 15 is 0 Å². The summed E-state index contributed by atoms with van der Waals surface area (Å²) in [5.74, 6) is 0.836. The first-order chi connectivity index (χ1) is 9.29. The highest BCUT2D eigenvalue weighted by molar-refractivity contribution is 5.83. The molecule has 98 valence electrons. The summed E-state index contributed by atoms with van der Waals surface area (Å²) in [6, 6.07) is 16.2. The predicted molar refractivity (Wildman–Crippen MR) is 78.6 cm³/mol. The van der Waals surface area contributed by atoms with Gasteiger partial charge in [0.25, 0.3) is 0 Å². The van der Waals surface area contributed by atoms with Crippen molar-refractivity contribution in [3.05, 3.63) is 65.2 Å². The molecule has 0 fully saturated rings. The third-order valence-corrected chi connectivity index (χ3v) is 2.73. The molecule has 0 radical (unpaired) electrons. The Morgan fingerprint density at radius 2 is 2.00 bits per heavy atom. The molecule has 3 nitrogen and oxygen atoms in total. The molecule has 3 heteroatoms. The van der Waals surface area contributed by atoms with Crippen molar-refractivity contribution in [2.45, 2.75) is 13.5 Å². The van der Waals surface area contributed by atoms with E-state index in [0.29, 0.717) is 6.61 Å². The van der Waals surface area contributed by atoms with Crippen LogP contribution in [0.5, 0.6) is 5.75 Å². The molecule has 0 amide bonds. The van der Waals surface area contributed by atoms with E-state index in [1.54, 1.807) is 13.3 Å². The van der Waals surface area contributed by atoms with Gasteiger partial charge in [-0.1, -0.05) is 42.0 Å². The Bertz CT molecular complexity index is 564. The van der Waals surface area contributed by atoms with Gasteiger partial charge in [0, 0.05) is 12.6 Å². The molecule has 0 heterocycles. The highest BCUT2D eigenvalue weighted by atomic mass is 16.5. The first-order valence-corrected chi connectivity index (χ1v) is 6.27. The molecule has 2 aromatic rings. The van der Waals surface area contributed by atoms with Gasteiger partial charge in [0.15, 0.2) is 0 Å². The fourth-order valence-electron chi connectivity index (χ4n) is 1.82. The van der Waals surface area contributed by atoms with E-state index in [1.165, 1.54) is 11.1 Å². The first-order valence-electron chi connectivity index (χ1n) is 6.27. The summed E-state index contributed by atoms with van der Waals surface area (Å²) in [4.78, 5) is 0. The van der Waals surface area contributed by atoms with Crippen LogP contribution in [0.15, 0.2) is 53.6 Å². The zero-order valence-electron chi connectivity index (χ0n) is 11.3. The van der Waals surface area contributed by atoms with Crippen molar-refractivity contribution in [1.29, 1.82) is 0 Å². The molecule has 0 atom stereocenters. The van der Waals surface area contributed by atoms with Crippen LogP contribution in [0.2, 0.25) is 0 Å². The summed E-state index contributed by atoms with van der Waals surface area (Å²) in [5, 5.41) is 4.02. The Labute approximate surface area is 113 Å². The van der Waals surface area contributed by atoms with Crippen molar-refractivity contribution in [3.8, 4) is 5.75 Å². The smallest absolute Gasteiger partial charge is 0.128 e. The average Bonchev–Trinajstić information content (AvgIpc) is 2.44. The van der Waals surface area contributed by atoms with Crippen LogP contribution in [0, 0.1) is 6.92 Å². The quantitative estimate of drug-likeness (QED) is 0.657. The van der Waals surface area contributed by atoms with Crippen molar-refractivity contribution < 1.29 is 4.74 Å². The van der Waals surface area contributed by atoms with Gasteiger partial charge >= 0.3 is 0 Å². The topological polar surface area (TPSA) is 33.6 Å². The lowest BCUT2D eigenvalue weighted by atomic mass is 10.1. The molecule has 0 aromatic heterocycles. The summed E-state index contributed by atoms with van der Waals surface area (Å²) in [7, 11) is 1.77. The van der Waals surface area contributed by atoms with Gasteiger partial charge in [0.05, 0.1) is 6.21 Å². The highest BCUT2D eigenvalue weighted by Crippen LogP contribution is 2.17. The fraction of sp³-hybridized carbons (Fsp3) is 0.188. The standard InChI is InChI=1S/C16H18N2O/c1-13-6-5-7-14(10-13)12-19-16-9-4-3-8-15(16)11-18-17-2/h3-11,17H,12H2,1-2H3/b18-11+. The van der Waals surface area contributed by atoms with E-state index in [9.17, 15) is 0 Å². The number of rotatable bonds is 5. The average molecular weight is 254 g/mol. The highest BCUT2D eigenvalue weighted by Gasteiger charge is 2.01. The monoisotopic (exact) mass is 254 g/mol. The van der Waals surface area contributed by atoms with Gasteiger partial charge in [-0.05, 0) is 24.6 Å². The Morgan fingerprint density at radius 1 is 1.16 bits per heavy atom. The summed E-state index contributed by atoms with van der Waals surface area (Å²) in [6.45, 7) is 2.64. The van der Waals surface area contributed by atoms with Gasteiger partial charge < -0.3 is 10.2 Å². The Kier molecular flexibility index (Phi) is 4.56. The van der Waals surface area contributed by atoms with Crippen LogP contribution in [-0.4, -0.2) is 13.3 Å². The van der Waals surface area contributed by atoms with Gasteiger partial charge in [-0.3, -0.25) is 0 Å². The zero-order valence-corrected chi connectivity index (χ0v) is 11.3. The molecule has 0 aliphatic carbocycles. The molecular formula is C16H18N2O. The Morgan fingerprint density at radius 3 is 2.79 bits per heavy atom. The number of hydrogen-bond donors (Lipinski definition) is 1. The second-order valence-corrected chi connectivity index (χ2v) is 4.30. The van der Waals surface area contributed by atoms with Gasteiger partial charge in [-0.25, -0.2) is 0 Å². The van der Waals surface area contributed by atoms with Crippen molar-refractivity contribution in [2.75, 3.05) is 7.05 Å². The lowest BCUT2D eigenvalue weighted by molar-refractivity contribution is 0.305. The van der Waals surface area contributed by atoms with E-state index < -0.39 is 0 Å². The van der Waals surface area contributed by atoms with Crippen LogP contribution in [0.1, 0.15) is 16.7 Å². The Balaban J connectivity index is 2.09. The normalized spacial score (nSPS) is 10.6. The number of ether oxygens (including phenoxy) is 1. The van der Waals surface area contributed by atoms with E-state index in [1.807, 2.05) is 30.3 Å². The lowest BCUT2D eigenvalue weighted by Gasteiger charge is -2.09. The third kappa shape index (κ3) is 3.85. The van der Waals surface area contributed by atoms with Crippen LogP contribution in [-0.2, 0) is 6.61 Å². The van der Waals surface area contributed by atoms with Gasteiger partial charge in [0.1, 0.15) is 12.4 Å². The second kappa shape index (κ2) is 6.59. The predicted octanol–water partition coefficient (Wildman–Crippen LogP) is 3.13. The van der Waals surface area contributed by atoms with Crippen LogP contribution in [0.3, 0.4) is 0 Å². The van der Waals surface area contributed by atoms with E-state index in [4.69, 9.17) is 4.74 Å². The third-order valence-electron chi connectivity index (χ3n) is 2.73. The first kappa shape index (κ1) is 13.1. The number of aryl methyl sites for hydroxylation is 1. The molecule has 0 aliphatic rings. The van der Waals surface area contributed by atoms with E-state index in [2.05, 4.69) is 35.7 Å². The summed E-state index contributed by atoms with van der Waals surface area (Å²) in [5.41, 5.74) is 6.11. The van der Waals surface area contributed by atoms with E-state index in [-0.39, 0.29) is 0 Å². The summed E-state index contributed by atoms with van der Waals surface area (Å²) in [6.07, 6.45) is 1.76. The van der Waals surface area contributed by atoms with Crippen LogP contribution in [0.25, 0.3) is 0 Å². The Hall–Kier alpha value is -2.29. The van der Waals surface area contributed by atoms with Crippen molar-refractivity contribution in [2.24, 2.45) is 5.10 Å². The SMILES string of the molecule is CN/N=C/c1ccccc1OCc1cccc(C)c1. The molecule has 0 unspecified atom stereocenters. The number of nitrogens with one attached hydrogen (secondary N) is 1. The minimum atomic E-state index is 0.562. The largest absolute Gasteiger partial charge is 0.488 e. The second-order valence-electron chi connectivity index (χ2n) is 4.30. The minimum Gasteiger partial charge on any atom is -0.488 e. The summed E-state index contributed by atoms with van der Waals surface area (Å²) < 4.78 is 5.86. The maximum absolute atomic E-state index is 5.86. The molecule has 2 rings (SSSR count). The molecule has 0 spiro atoms. The molecule has 19 heavy (non-hydrogen) atoms. The van der Waals surface area contributed by atoms with Crippen molar-refractivity contribution >= 4 is 6.21 Å². The minimum absolute atomic E-state index is 0.562. The van der Waals surface area contributed by atoms with Crippen LogP contribution in [0.4, 0.5) is 0 Å². The molecule has 0 saturated carbocycles. The maximum Gasteiger partial charge on any atom is 0.128 e. The van der Waals surface area contributed by atoms with Gasteiger partial charge in [-0.15, -0.1) is 0 Å². The lowest BCUT2D eigenvalue weighted by Crippen LogP contribution is -2.00. The fourth-order valence-corrected chi connectivity index (χ4v) is 1.82. The van der Waals surface area contributed by atoms with Crippen molar-refractivity contribution in [1.82, 2.24) is 5.43 Å². The molecule has 0 saturated heterocycles. The molecular weight excluding hydrogens is 236 g/mol. The number of hydrogen-bond acceptors (Lipinski definition) is 3. The zero-order chi connectivity index (χ0) is 13.5. The number of nitrogens with zero attached hydrogens (tertiary/aromatic N) is 1. The number of benzene rings is 2. The van der Waals surface area contributed by atoms with Crippen LogP contribution < -0.4 is 10.2 Å². The van der Waals surface area contributed by atoms with Gasteiger partial charge in [-0.2, -0.15) is 5.10 Å². The molecule has 0 bridgehead atoms. The summed E-state index contributed by atoms with van der Waals surface area (Å²) >= 11 is 0. The van der Waals surface area contributed by atoms with Crippen molar-refractivity contribution in [3.63, 3.8) is 0 Å². The van der Waals surface area contributed by atoms with Crippen LogP contribution >= 0.6 is 0 Å². The van der Waals surface area contributed by atoms with E-state index in [0.717, 1.165) is 11.3 Å². The number of hydrazone groups is 1.